The molecule has 0 fully saturated rings. The number of amides is 1. The lowest BCUT2D eigenvalue weighted by atomic mass is 10.1. The third-order valence-corrected chi connectivity index (χ3v) is 4.27. The van der Waals surface area contributed by atoms with E-state index in [-0.39, 0.29) is 5.91 Å². The maximum Gasteiger partial charge on any atom is 0.255 e. The Bertz CT molecular complexity index is 821. The second-order valence-corrected chi connectivity index (χ2v) is 6.28. The SMILES string of the molecule is Cc1cc(Br)cc(C)c1NC(=O)c1ccc2nsnc2c1. The lowest BCUT2D eigenvalue weighted by molar-refractivity contribution is 0.102. The van der Waals surface area contributed by atoms with Crippen LogP contribution in [0.25, 0.3) is 11.0 Å². The maximum absolute atomic E-state index is 12.4. The highest BCUT2D eigenvalue weighted by Crippen LogP contribution is 2.26. The van der Waals surface area contributed by atoms with Gasteiger partial charge in [-0.25, -0.2) is 0 Å². The molecule has 3 rings (SSSR count). The van der Waals surface area contributed by atoms with E-state index in [0.29, 0.717) is 5.56 Å². The molecule has 0 aliphatic carbocycles. The summed E-state index contributed by atoms with van der Waals surface area (Å²) in [6.07, 6.45) is 0. The largest absolute Gasteiger partial charge is 0.322 e. The van der Waals surface area contributed by atoms with E-state index < -0.39 is 0 Å². The fourth-order valence-electron chi connectivity index (χ4n) is 2.22. The van der Waals surface area contributed by atoms with Crippen LogP contribution in [0.4, 0.5) is 5.69 Å². The van der Waals surface area contributed by atoms with Gasteiger partial charge in [0.15, 0.2) is 0 Å². The van der Waals surface area contributed by atoms with Crippen molar-refractivity contribution in [1.29, 1.82) is 0 Å². The number of fused-ring (bicyclic) bond motifs is 1. The van der Waals surface area contributed by atoms with Gasteiger partial charge in [0, 0.05) is 15.7 Å². The Labute approximate surface area is 134 Å². The Morgan fingerprint density at radius 3 is 2.48 bits per heavy atom. The number of aromatic nitrogens is 2. The lowest BCUT2D eigenvalue weighted by Crippen LogP contribution is -2.13. The van der Waals surface area contributed by atoms with Crippen LogP contribution in [-0.4, -0.2) is 14.7 Å². The normalized spacial score (nSPS) is 10.8. The zero-order valence-corrected chi connectivity index (χ0v) is 13.9. The van der Waals surface area contributed by atoms with Crippen molar-refractivity contribution in [3.8, 4) is 0 Å². The van der Waals surface area contributed by atoms with E-state index in [2.05, 4.69) is 30.0 Å². The number of nitrogens with zero attached hydrogens (tertiary/aromatic N) is 2. The van der Waals surface area contributed by atoms with Gasteiger partial charge in [-0.15, -0.1) is 0 Å². The predicted molar refractivity (Wildman–Crippen MR) is 89.0 cm³/mol. The van der Waals surface area contributed by atoms with Gasteiger partial charge < -0.3 is 5.32 Å². The van der Waals surface area contributed by atoms with Gasteiger partial charge in [0.25, 0.3) is 5.91 Å². The summed E-state index contributed by atoms with van der Waals surface area (Å²) in [5, 5.41) is 2.97. The molecule has 0 bridgehead atoms. The highest BCUT2D eigenvalue weighted by molar-refractivity contribution is 9.10. The van der Waals surface area contributed by atoms with Crippen LogP contribution in [0.15, 0.2) is 34.8 Å². The summed E-state index contributed by atoms with van der Waals surface area (Å²) in [5.74, 6) is -0.140. The predicted octanol–water partition coefficient (Wildman–Crippen LogP) is 4.32. The molecule has 1 amide bonds. The van der Waals surface area contributed by atoms with E-state index in [1.165, 1.54) is 0 Å². The van der Waals surface area contributed by atoms with Crippen LogP contribution in [0, 0.1) is 13.8 Å². The minimum absolute atomic E-state index is 0.140. The first-order valence-corrected chi connectivity index (χ1v) is 7.87. The van der Waals surface area contributed by atoms with Crippen LogP contribution in [0.3, 0.4) is 0 Å². The van der Waals surface area contributed by atoms with Crippen molar-refractivity contribution in [2.45, 2.75) is 13.8 Å². The first kappa shape index (κ1) is 14.2. The van der Waals surface area contributed by atoms with Crippen molar-refractivity contribution in [2.75, 3.05) is 5.32 Å². The summed E-state index contributed by atoms with van der Waals surface area (Å²) in [5.41, 5.74) is 5.03. The second-order valence-electron chi connectivity index (χ2n) is 4.84. The summed E-state index contributed by atoms with van der Waals surface area (Å²) < 4.78 is 9.30. The molecule has 0 unspecified atom stereocenters. The summed E-state index contributed by atoms with van der Waals surface area (Å²) in [4.78, 5) is 12.4. The van der Waals surface area contributed by atoms with Crippen LogP contribution in [0.1, 0.15) is 21.5 Å². The fourth-order valence-corrected chi connectivity index (χ4v) is 3.42. The Hall–Kier alpha value is -1.79. The van der Waals surface area contributed by atoms with Crippen LogP contribution in [0.2, 0.25) is 0 Å². The Kier molecular flexibility index (Phi) is 3.73. The zero-order chi connectivity index (χ0) is 15.0. The van der Waals surface area contributed by atoms with E-state index in [0.717, 1.165) is 44.0 Å². The standard InChI is InChI=1S/C15H12BrN3OS/c1-8-5-11(16)6-9(2)14(8)17-15(20)10-3-4-12-13(7-10)19-21-18-12/h3-7H,1-2H3,(H,17,20). The van der Waals surface area contributed by atoms with Crippen LogP contribution < -0.4 is 5.32 Å². The number of carbonyl (C=O) groups is 1. The molecular formula is C15H12BrN3OS. The summed E-state index contributed by atoms with van der Waals surface area (Å²) >= 11 is 4.60. The molecule has 1 heterocycles. The number of benzene rings is 2. The molecule has 4 nitrogen and oxygen atoms in total. The van der Waals surface area contributed by atoms with Crippen molar-refractivity contribution >= 4 is 50.3 Å². The topological polar surface area (TPSA) is 54.9 Å². The van der Waals surface area contributed by atoms with Gasteiger partial charge in [0.1, 0.15) is 11.0 Å². The molecule has 0 spiro atoms. The Morgan fingerprint density at radius 1 is 1.10 bits per heavy atom. The number of halogens is 1. The molecule has 0 aliphatic rings. The molecular weight excluding hydrogens is 350 g/mol. The number of nitrogens with one attached hydrogen (secondary N) is 1. The van der Waals surface area contributed by atoms with E-state index in [1.807, 2.05) is 32.0 Å². The molecule has 0 aliphatic heterocycles. The average Bonchev–Trinajstić information content (AvgIpc) is 2.89. The number of aryl methyl sites for hydroxylation is 2. The van der Waals surface area contributed by atoms with Crippen molar-refractivity contribution in [2.24, 2.45) is 0 Å². The van der Waals surface area contributed by atoms with Crippen LogP contribution >= 0.6 is 27.7 Å². The highest BCUT2D eigenvalue weighted by atomic mass is 79.9. The molecule has 0 saturated heterocycles. The highest BCUT2D eigenvalue weighted by Gasteiger charge is 2.12. The average molecular weight is 362 g/mol. The molecule has 21 heavy (non-hydrogen) atoms. The van der Waals surface area contributed by atoms with Crippen molar-refractivity contribution in [1.82, 2.24) is 8.75 Å². The molecule has 2 aromatic carbocycles. The molecule has 106 valence electrons. The van der Waals surface area contributed by atoms with Gasteiger partial charge in [0.05, 0.1) is 11.7 Å². The summed E-state index contributed by atoms with van der Waals surface area (Å²) in [6, 6.07) is 9.31. The number of anilines is 1. The summed E-state index contributed by atoms with van der Waals surface area (Å²) in [7, 11) is 0. The van der Waals surface area contributed by atoms with Gasteiger partial charge >= 0.3 is 0 Å². The monoisotopic (exact) mass is 361 g/mol. The molecule has 0 atom stereocenters. The quantitative estimate of drug-likeness (QED) is 0.739. The van der Waals surface area contributed by atoms with E-state index in [1.54, 1.807) is 12.1 Å². The van der Waals surface area contributed by atoms with Crippen LogP contribution in [-0.2, 0) is 0 Å². The third-order valence-electron chi connectivity index (χ3n) is 3.25. The molecule has 0 radical (unpaired) electrons. The molecule has 3 aromatic rings. The summed E-state index contributed by atoms with van der Waals surface area (Å²) in [6.45, 7) is 3.95. The van der Waals surface area contributed by atoms with E-state index >= 15 is 0 Å². The lowest BCUT2D eigenvalue weighted by Gasteiger charge is -2.12. The van der Waals surface area contributed by atoms with Gasteiger partial charge in [-0.1, -0.05) is 15.9 Å². The van der Waals surface area contributed by atoms with Crippen molar-refractivity contribution in [3.05, 3.63) is 51.5 Å². The van der Waals surface area contributed by atoms with Gasteiger partial charge in [0.2, 0.25) is 0 Å². The second kappa shape index (κ2) is 5.54. The fraction of sp³-hybridized carbons (Fsp3) is 0.133. The zero-order valence-electron chi connectivity index (χ0n) is 11.5. The Balaban J connectivity index is 1.92. The molecule has 6 heteroatoms. The molecule has 1 N–H and O–H groups in total. The van der Waals surface area contributed by atoms with Gasteiger partial charge in [-0.2, -0.15) is 8.75 Å². The van der Waals surface area contributed by atoms with Crippen LogP contribution in [0.5, 0.6) is 0 Å². The van der Waals surface area contributed by atoms with Crippen molar-refractivity contribution in [3.63, 3.8) is 0 Å². The van der Waals surface area contributed by atoms with Crippen molar-refractivity contribution < 1.29 is 4.79 Å². The number of hydrogen-bond donors (Lipinski definition) is 1. The number of hydrogen-bond acceptors (Lipinski definition) is 4. The molecule has 0 saturated carbocycles. The number of carbonyl (C=O) groups excluding carboxylic acids is 1. The van der Waals surface area contributed by atoms with Gasteiger partial charge in [-0.3, -0.25) is 4.79 Å². The first-order chi connectivity index (χ1) is 10.0. The van der Waals surface area contributed by atoms with E-state index in [4.69, 9.17) is 0 Å². The van der Waals surface area contributed by atoms with E-state index in [9.17, 15) is 4.79 Å². The maximum atomic E-state index is 12.4. The van der Waals surface area contributed by atoms with Gasteiger partial charge in [-0.05, 0) is 55.3 Å². The minimum Gasteiger partial charge on any atom is -0.322 e. The smallest absolute Gasteiger partial charge is 0.255 e. The third kappa shape index (κ3) is 2.82. The Morgan fingerprint density at radius 2 is 1.76 bits per heavy atom. The number of rotatable bonds is 2. The minimum atomic E-state index is -0.140. The first-order valence-electron chi connectivity index (χ1n) is 6.35. The molecule has 1 aromatic heterocycles.